The van der Waals surface area contributed by atoms with Crippen LogP contribution in [0.3, 0.4) is 0 Å². The van der Waals surface area contributed by atoms with Gasteiger partial charge in [0.25, 0.3) is 0 Å². The van der Waals surface area contributed by atoms with Crippen LogP contribution in [0.2, 0.25) is 0 Å². The van der Waals surface area contributed by atoms with Crippen LogP contribution in [0.4, 0.5) is 0 Å². The Hall–Kier alpha value is -1.36. The summed E-state index contributed by atoms with van der Waals surface area (Å²) in [6.45, 7) is 3.88. The van der Waals surface area contributed by atoms with E-state index in [0.29, 0.717) is 5.69 Å². The van der Waals surface area contributed by atoms with E-state index in [1.165, 1.54) is 6.26 Å². The number of carboxylic acids is 1. The quantitative estimate of drug-likeness (QED) is 0.727. The SMILES string of the molecule is CC(C)c1coc(C(N)C(=O)O)n1. The Morgan fingerprint density at radius 1 is 1.69 bits per heavy atom. The largest absolute Gasteiger partial charge is 0.480 e. The molecule has 0 aromatic carbocycles. The van der Waals surface area contributed by atoms with Gasteiger partial charge >= 0.3 is 5.97 Å². The van der Waals surface area contributed by atoms with E-state index in [1.807, 2.05) is 13.8 Å². The molecular weight excluding hydrogens is 172 g/mol. The second-order valence-corrected chi connectivity index (χ2v) is 3.08. The number of rotatable bonds is 3. The van der Waals surface area contributed by atoms with Gasteiger partial charge in [0.2, 0.25) is 5.89 Å². The third-order valence-electron chi connectivity index (χ3n) is 1.66. The lowest BCUT2D eigenvalue weighted by molar-refractivity contribution is -0.139. The zero-order chi connectivity index (χ0) is 10.0. The second-order valence-electron chi connectivity index (χ2n) is 3.08. The lowest BCUT2D eigenvalue weighted by Gasteiger charge is -1.99. The molecule has 0 spiro atoms. The number of aromatic nitrogens is 1. The minimum atomic E-state index is -1.17. The highest BCUT2D eigenvalue weighted by Gasteiger charge is 2.20. The normalized spacial score (nSPS) is 13.2. The maximum Gasteiger partial charge on any atom is 0.330 e. The summed E-state index contributed by atoms with van der Waals surface area (Å²) in [6.07, 6.45) is 1.43. The van der Waals surface area contributed by atoms with E-state index in [4.69, 9.17) is 15.3 Å². The average Bonchev–Trinajstić information content (AvgIpc) is 2.50. The predicted octanol–water partition coefficient (Wildman–Crippen LogP) is 0.882. The summed E-state index contributed by atoms with van der Waals surface area (Å²) in [5, 5.41) is 8.56. The van der Waals surface area contributed by atoms with Gasteiger partial charge in [0.05, 0.1) is 5.69 Å². The molecule has 5 nitrogen and oxygen atoms in total. The van der Waals surface area contributed by atoms with Crippen molar-refractivity contribution >= 4 is 5.97 Å². The Morgan fingerprint density at radius 3 is 2.69 bits per heavy atom. The summed E-state index contributed by atoms with van der Waals surface area (Å²) in [7, 11) is 0. The number of hydrogen-bond donors (Lipinski definition) is 2. The van der Waals surface area contributed by atoms with E-state index >= 15 is 0 Å². The average molecular weight is 184 g/mol. The summed E-state index contributed by atoms with van der Waals surface area (Å²) in [4.78, 5) is 14.4. The van der Waals surface area contributed by atoms with E-state index in [2.05, 4.69) is 4.98 Å². The summed E-state index contributed by atoms with van der Waals surface area (Å²) in [5.41, 5.74) is 6.01. The van der Waals surface area contributed by atoms with E-state index in [9.17, 15) is 4.79 Å². The lowest BCUT2D eigenvalue weighted by Crippen LogP contribution is -2.20. The fourth-order valence-corrected chi connectivity index (χ4v) is 0.814. The Morgan fingerprint density at radius 2 is 2.31 bits per heavy atom. The summed E-state index contributed by atoms with van der Waals surface area (Å²) in [6, 6.07) is -1.17. The summed E-state index contributed by atoms with van der Waals surface area (Å²) >= 11 is 0. The number of nitrogens with two attached hydrogens (primary N) is 1. The zero-order valence-corrected chi connectivity index (χ0v) is 7.52. The molecule has 1 aromatic heterocycles. The van der Waals surface area contributed by atoms with Gasteiger partial charge in [-0.25, -0.2) is 9.78 Å². The van der Waals surface area contributed by atoms with Crippen LogP contribution < -0.4 is 5.73 Å². The molecule has 13 heavy (non-hydrogen) atoms. The molecule has 0 aliphatic rings. The van der Waals surface area contributed by atoms with Crippen molar-refractivity contribution in [2.24, 2.45) is 5.73 Å². The summed E-state index contributed by atoms with van der Waals surface area (Å²) in [5.74, 6) is -0.883. The summed E-state index contributed by atoms with van der Waals surface area (Å²) < 4.78 is 4.93. The van der Waals surface area contributed by atoms with E-state index < -0.39 is 12.0 Å². The van der Waals surface area contributed by atoms with Crippen LogP contribution in [-0.4, -0.2) is 16.1 Å². The molecule has 0 radical (unpaired) electrons. The first kappa shape index (κ1) is 9.73. The molecule has 1 atom stereocenters. The van der Waals surface area contributed by atoms with Crippen LogP contribution in [0.15, 0.2) is 10.7 Å². The van der Waals surface area contributed by atoms with Crippen molar-refractivity contribution in [3.63, 3.8) is 0 Å². The number of carboxylic acid groups (broad SMARTS) is 1. The molecule has 1 unspecified atom stereocenters. The fourth-order valence-electron chi connectivity index (χ4n) is 0.814. The lowest BCUT2D eigenvalue weighted by atomic mass is 10.2. The van der Waals surface area contributed by atoms with E-state index in [-0.39, 0.29) is 11.8 Å². The first-order valence-corrected chi connectivity index (χ1v) is 3.96. The van der Waals surface area contributed by atoms with Gasteiger partial charge in [-0.15, -0.1) is 0 Å². The third kappa shape index (κ3) is 2.06. The molecule has 5 heteroatoms. The van der Waals surface area contributed by atoms with Gasteiger partial charge in [-0.05, 0) is 5.92 Å². The van der Waals surface area contributed by atoms with Crippen molar-refractivity contribution in [1.29, 1.82) is 0 Å². The van der Waals surface area contributed by atoms with Crippen molar-refractivity contribution < 1.29 is 14.3 Å². The molecule has 0 fully saturated rings. The van der Waals surface area contributed by atoms with Crippen LogP contribution in [0.1, 0.15) is 37.4 Å². The van der Waals surface area contributed by atoms with Crippen LogP contribution >= 0.6 is 0 Å². The number of carbonyl (C=O) groups is 1. The van der Waals surface area contributed by atoms with Crippen LogP contribution in [0, 0.1) is 0 Å². The second kappa shape index (κ2) is 3.57. The van der Waals surface area contributed by atoms with Gasteiger partial charge < -0.3 is 15.3 Å². The molecule has 3 N–H and O–H groups in total. The van der Waals surface area contributed by atoms with Crippen molar-refractivity contribution in [2.45, 2.75) is 25.8 Å². The Bertz CT molecular complexity index is 306. The van der Waals surface area contributed by atoms with E-state index in [0.717, 1.165) is 0 Å². The minimum absolute atomic E-state index is 0.0520. The molecule has 0 aliphatic heterocycles. The number of hydrogen-bond acceptors (Lipinski definition) is 4. The predicted molar refractivity (Wildman–Crippen MR) is 45.2 cm³/mol. The molecule has 0 aliphatic carbocycles. The van der Waals surface area contributed by atoms with Crippen molar-refractivity contribution in [3.05, 3.63) is 17.8 Å². The zero-order valence-electron chi connectivity index (χ0n) is 7.52. The van der Waals surface area contributed by atoms with Gasteiger partial charge in [-0.1, -0.05) is 13.8 Å². The maximum atomic E-state index is 10.5. The van der Waals surface area contributed by atoms with Crippen molar-refractivity contribution in [2.75, 3.05) is 0 Å². The van der Waals surface area contributed by atoms with Crippen LogP contribution in [-0.2, 0) is 4.79 Å². The Labute approximate surface area is 75.6 Å². The third-order valence-corrected chi connectivity index (χ3v) is 1.66. The Balaban J connectivity index is 2.85. The van der Waals surface area contributed by atoms with Crippen molar-refractivity contribution in [1.82, 2.24) is 4.98 Å². The smallest absolute Gasteiger partial charge is 0.330 e. The molecule has 0 bridgehead atoms. The number of nitrogens with zero attached hydrogens (tertiary/aromatic N) is 1. The highest BCUT2D eigenvalue weighted by Crippen LogP contribution is 2.16. The Kier molecular flexibility index (Phi) is 2.67. The molecule has 72 valence electrons. The van der Waals surface area contributed by atoms with Gasteiger partial charge in [0.1, 0.15) is 6.26 Å². The number of oxazole rings is 1. The van der Waals surface area contributed by atoms with E-state index in [1.54, 1.807) is 0 Å². The van der Waals surface area contributed by atoms with Crippen LogP contribution in [0.25, 0.3) is 0 Å². The highest BCUT2D eigenvalue weighted by atomic mass is 16.4. The molecule has 1 aromatic rings. The van der Waals surface area contributed by atoms with Gasteiger partial charge in [0.15, 0.2) is 6.04 Å². The van der Waals surface area contributed by atoms with Gasteiger partial charge in [-0.3, -0.25) is 0 Å². The topological polar surface area (TPSA) is 89.3 Å². The van der Waals surface area contributed by atoms with Crippen LogP contribution in [0.5, 0.6) is 0 Å². The fraction of sp³-hybridized carbons (Fsp3) is 0.500. The first-order valence-electron chi connectivity index (χ1n) is 3.96. The van der Waals surface area contributed by atoms with Gasteiger partial charge in [0, 0.05) is 0 Å². The number of aliphatic carboxylic acids is 1. The minimum Gasteiger partial charge on any atom is -0.480 e. The molecule has 1 rings (SSSR count). The molecule has 0 saturated heterocycles. The van der Waals surface area contributed by atoms with Gasteiger partial charge in [-0.2, -0.15) is 0 Å². The molecular formula is C8H12N2O3. The highest BCUT2D eigenvalue weighted by molar-refractivity contribution is 5.73. The molecule has 1 heterocycles. The monoisotopic (exact) mass is 184 g/mol. The molecule has 0 saturated carbocycles. The standard InChI is InChI=1S/C8H12N2O3/c1-4(2)5-3-13-7(10-5)6(9)8(11)12/h3-4,6H,9H2,1-2H3,(H,11,12). The van der Waals surface area contributed by atoms with Crippen molar-refractivity contribution in [3.8, 4) is 0 Å². The maximum absolute atomic E-state index is 10.5. The first-order chi connectivity index (χ1) is 6.02. The molecule has 0 amide bonds.